The lowest BCUT2D eigenvalue weighted by atomic mass is 10.0. The number of hydrogen-bond donors (Lipinski definition) is 0. The summed E-state index contributed by atoms with van der Waals surface area (Å²) in [5, 5.41) is 6.45. The fourth-order valence-electron chi connectivity index (χ4n) is 4.15. The highest BCUT2D eigenvalue weighted by Gasteiger charge is 2.20. The molecule has 28 heavy (non-hydrogen) atoms. The summed E-state index contributed by atoms with van der Waals surface area (Å²) in [4.78, 5) is 13.2. The number of fused-ring (bicyclic) bond motifs is 1. The van der Waals surface area contributed by atoms with Crippen LogP contribution in [-0.2, 0) is 0 Å². The molecular formula is C23H26N2O3. The van der Waals surface area contributed by atoms with Crippen LogP contribution in [0.2, 0.25) is 0 Å². The molecule has 1 aliphatic carbocycles. The molecule has 0 bridgehead atoms. The van der Waals surface area contributed by atoms with Crippen LogP contribution in [0, 0.1) is 0 Å². The first-order valence-corrected chi connectivity index (χ1v) is 9.97. The van der Waals surface area contributed by atoms with Crippen LogP contribution in [-0.4, -0.2) is 24.0 Å². The zero-order valence-electron chi connectivity index (χ0n) is 16.5. The smallest absolute Gasteiger partial charge is 0.274 e. The van der Waals surface area contributed by atoms with Crippen molar-refractivity contribution in [3.05, 3.63) is 52.8 Å². The Labute approximate surface area is 164 Å². The summed E-state index contributed by atoms with van der Waals surface area (Å²) >= 11 is 0. The van der Waals surface area contributed by atoms with E-state index < -0.39 is 0 Å². The monoisotopic (exact) mass is 378 g/mol. The fraction of sp³-hybridized carbons (Fsp3) is 0.391. The molecule has 1 aromatic heterocycles. The van der Waals surface area contributed by atoms with Gasteiger partial charge in [-0.3, -0.25) is 4.79 Å². The third-order valence-corrected chi connectivity index (χ3v) is 5.66. The molecule has 1 aliphatic rings. The zero-order valence-corrected chi connectivity index (χ0v) is 16.5. The van der Waals surface area contributed by atoms with Crippen molar-refractivity contribution in [1.29, 1.82) is 0 Å². The van der Waals surface area contributed by atoms with Crippen LogP contribution >= 0.6 is 0 Å². The van der Waals surface area contributed by atoms with Crippen LogP contribution in [0.4, 0.5) is 0 Å². The Bertz CT molecular complexity index is 1030. The lowest BCUT2D eigenvalue weighted by Crippen LogP contribution is -2.28. The van der Waals surface area contributed by atoms with Crippen molar-refractivity contribution in [3.63, 3.8) is 0 Å². The third kappa shape index (κ3) is 3.37. The Balaban J connectivity index is 1.92. The van der Waals surface area contributed by atoms with E-state index in [-0.39, 0.29) is 11.6 Å². The summed E-state index contributed by atoms with van der Waals surface area (Å²) in [6, 6.07) is 13.7. The highest BCUT2D eigenvalue weighted by Crippen LogP contribution is 2.34. The number of benzene rings is 2. The van der Waals surface area contributed by atoms with Crippen molar-refractivity contribution >= 4 is 10.8 Å². The molecule has 1 saturated carbocycles. The van der Waals surface area contributed by atoms with Crippen molar-refractivity contribution in [2.75, 3.05) is 14.2 Å². The Morgan fingerprint density at radius 2 is 1.57 bits per heavy atom. The summed E-state index contributed by atoms with van der Waals surface area (Å²) in [6.45, 7) is 0. The minimum absolute atomic E-state index is 0.00623. The molecule has 0 radical (unpaired) electrons. The van der Waals surface area contributed by atoms with Crippen molar-refractivity contribution in [1.82, 2.24) is 9.78 Å². The Hall–Kier alpha value is -2.82. The summed E-state index contributed by atoms with van der Waals surface area (Å²) < 4.78 is 12.6. The minimum atomic E-state index is 0.00623. The normalized spacial score (nSPS) is 15.4. The van der Waals surface area contributed by atoms with Gasteiger partial charge in [-0.15, -0.1) is 0 Å². The second kappa shape index (κ2) is 8.05. The van der Waals surface area contributed by atoms with E-state index in [0.717, 1.165) is 42.3 Å². The van der Waals surface area contributed by atoms with Crippen LogP contribution in [0.5, 0.6) is 11.5 Å². The van der Waals surface area contributed by atoms with Gasteiger partial charge in [0, 0.05) is 10.9 Å². The number of nitrogens with zero attached hydrogens (tertiary/aromatic N) is 2. The average molecular weight is 378 g/mol. The summed E-state index contributed by atoms with van der Waals surface area (Å²) in [6.07, 6.45) is 6.80. The van der Waals surface area contributed by atoms with Crippen LogP contribution in [0.1, 0.15) is 44.6 Å². The Kier molecular flexibility index (Phi) is 5.33. The largest absolute Gasteiger partial charge is 0.493 e. The second-order valence-electron chi connectivity index (χ2n) is 7.36. The van der Waals surface area contributed by atoms with Gasteiger partial charge in [0.2, 0.25) is 0 Å². The summed E-state index contributed by atoms with van der Waals surface area (Å²) in [5.74, 6) is 1.32. The molecule has 0 N–H and O–H groups in total. The van der Waals surface area contributed by atoms with E-state index in [4.69, 9.17) is 14.6 Å². The van der Waals surface area contributed by atoms with Gasteiger partial charge in [-0.05, 0) is 37.1 Å². The van der Waals surface area contributed by atoms with E-state index >= 15 is 0 Å². The minimum Gasteiger partial charge on any atom is -0.493 e. The maximum absolute atomic E-state index is 13.2. The molecule has 0 saturated heterocycles. The molecule has 0 atom stereocenters. The molecule has 146 valence electrons. The molecule has 0 spiro atoms. The van der Waals surface area contributed by atoms with Gasteiger partial charge in [-0.2, -0.15) is 5.10 Å². The molecule has 0 amide bonds. The average Bonchev–Trinajstić information content (AvgIpc) is 3.03. The molecule has 5 heteroatoms. The van der Waals surface area contributed by atoms with Crippen LogP contribution in [0.25, 0.3) is 22.0 Å². The van der Waals surface area contributed by atoms with Gasteiger partial charge >= 0.3 is 0 Å². The van der Waals surface area contributed by atoms with Gasteiger partial charge in [-0.25, -0.2) is 4.68 Å². The molecular weight excluding hydrogens is 352 g/mol. The molecule has 0 unspecified atom stereocenters. The van der Waals surface area contributed by atoms with E-state index in [0.29, 0.717) is 16.9 Å². The SMILES string of the molecule is COc1ccc(-c2nn(C3CCCCCC3)c(=O)c3ccccc23)cc1OC. The van der Waals surface area contributed by atoms with Gasteiger partial charge in [0.15, 0.2) is 11.5 Å². The Morgan fingerprint density at radius 3 is 2.25 bits per heavy atom. The lowest BCUT2D eigenvalue weighted by Gasteiger charge is -2.19. The quantitative estimate of drug-likeness (QED) is 0.601. The van der Waals surface area contributed by atoms with Crippen LogP contribution in [0.15, 0.2) is 47.3 Å². The van der Waals surface area contributed by atoms with Gasteiger partial charge in [0.1, 0.15) is 0 Å². The Morgan fingerprint density at radius 1 is 0.893 bits per heavy atom. The molecule has 5 nitrogen and oxygen atoms in total. The van der Waals surface area contributed by atoms with E-state index in [1.165, 1.54) is 12.8 Å². The van der Waals surface area contributed by atoms with E-state index in [1.54, 1.807) is 18.9 Å². The summed E-state index contributed by atoms with van der Waals surface area (Å²) in [5.41, 5.74) is 1.73. The molecule has 1 heterocycles. The van der Waals surface area contributed by atoms with Gasteiger partial charge in [0.05, 0.1) is 31.3 Å². The maximum atomic E-state index is 13.2. The van der Waals surface area contributed by atoms with Gasteiger partial charge in [0.25, 0.3) is 5.56 Å². The van der Waals surface area contributed by atoms with E-state index in [1.807, 2.05) is 42.5 Å². The van der Waals surface area contributed by atoms with Crippen LogP contribution < -0.4 is 15.0 Å². The maximum Gasteiger partial charge on any atom is 0.274 e. The molecule has 2 aromatic carbocycles. The van der Waals surface area contributed by atoms with Crippen LogP contribution in [0.3, 0.4) is 0 Å². The van der Waals surface area contributed by atoms with Crippen molar-refractivity contribution < 1.29 is 9.47 Å². The second-order valence-corrected chi connectivity index (χ2v) is 7.36. The van der Waals surface area contributed by atoms with Crippen molar-refractivity contribution in [3.8, 4) is 22.8 Å². The standard InChI is InChI=1S/C23H26N2O3/c1-27-20-14-13-16(15-21(20)28-2)22-18-11-7-8-12-19(18)23(26)25(24-22)17-9-5-3-4-6-10-17/h7-8,11-15,17H,3-6,9-10H2,1-2H3. The van der Waals surface area contributed by atoms with E-state index in [9.17, 15) is 4.79 Å². The highest BCUT2D eigenvalue weighted by atomic mass is 16.5. The fourth-order valence-corrected chi connectivity index (χ4v) is 4.15. The van der Waals surface area contributed by atoms with Gasteiger partial charge in [-0.1, -0.05) is 43.9 Å². The van der Waals surface area contributed by atoms with Crippen molar-refractivity contribution in [2.45, 2.75) is 44.6 Å². The molecule has 1 fully saturated rings. The number of rotatable bonds is 4. The predicted molar refractivity (Wildman–Crippen MR) is 111 cm³/mol. The third-order valence-electron chi connectivity index (χ3n) is 5.66. The number of ether oxygens (including phenoxy) is 2. The number of aromatic nitrogens is 2. The highest BCUT2D eigenvalue weighted by molar-refractivity contribution is 5.94. The topological polar surface area (TPSA) is 53.4 Å². The molecule has 4 rings (SSSR count). The number of methoxy groups -OCH3 is 2. The first-order valence-electron chi connectivity index (χ1n) is 9.97. The van der Waals surface area contributed by atoms with E-state index in [2.05, 4.69) is 0 Å². The predicted octanol–water partition coefficient (Wildman–Crippen LogP) is 4.98. The van der Waals surface area contributed by atoms with Gasteiger partial charge < -0.3 is 9.47 Å². The zero-order chi connectivity index (χ0) is 19.5. The number of hydrogen-bond acceptors (Lipinski definition) is 4. The van der Waals surface area contributed by atoms with Crippen molar-refractivity contribution in [2.24, 2.45) is 0 Å². The first-order chi connectivity index (χ1) is 13.7. The lowest BCUT2D eigenvalue weighted by molar-refractivity contribution is 0.355. The molecule has 3 aromatic rings. The summed E-state index contributed by atoms with van der Waals surface area (Å²) in [7, 11) is 3.25. The molecule has 0 aliphatic heterocycles. The first kappa shape index (κ1) is 18.5.